The predicted molar refractivity (Wildman–Crippen MR) is 74.4 cm³/mol. The van der Waals surface area contributed by atoms with Crippen molar-refractivity contribution in [3.63, 3.8) is 0 Å². The number of phenols is 2. The van der Waals surface area contributed by atoms with Gasteiger partial charge in [-0.05, 0) is 56.3 Å². The van der Waals surface area contributed by atoms with Crippen molar-refractivity contribution in [3.05, 3.63) is 20.6 Å². The molecule has 4 N–H and O–H groups in total. The molecule has 0 bridgehead atoms. The molecule has 0 saturated carbocycles. The van der Waals surface area contributed by atoms with E-state index in [1.807, 2.05) is 6.92 Å². The lowest BCUT2D eigenvalue weighted by Gasteiger charge is -2.13. The van der Waals surface area contributed by atoms with Crippen molar-refractivity contribution < 1.29 is 10.2 Å². The fourth-order valence-corrected chi connectivity index (χ4v) is 2.15. The molecule has 1 aromatic carbocycles. The van der Waals surface area contributed by atoms with Gasteiger partial charge < -0.3 is 15.9 Å². The Bertz CT molecular complexity index is 374. The van der Waals surface area contributed by atoms with Crippen LogP contribution in [0.4, 0.5) is 0 Å². The predicted octanol–water partition coefficient (Wildman–Crippen LogP) is 3.32. The topological polar surface area (TPSA) is 66.5 Å². The molecule has 16 heavy (non-hydrogen) atoms. The Balaban J connectivity index is 0.00000225. The van der Waals surface area contributed by atoms with Gasteiger partial charge in [-0.15, -0.1) is 12.4 Å². The quantitative estimate of drug-likeness (QED) is 0.710. The van der Waals surface area contributed by atoms with Crippen molar-refractivity contribution in [2.24, 2.45) is 5.73 Å². The summed E-state index contributed by atoms with van der Waals surface area (Å²) in [6, 6.07) is 1.58. The van der Waals surface area contributed by atoms with Gasteiger partial charge in [0.2, 0.25) is 0 Å². The van der Waals surface area contributed by atoms with Crippen LogP contribution in [0.3, 0.4) is 0 Å². The lowest BCUT2D eigenvalue weighted by Crippen LogP contribution is -2.21. The minimum absolute atomic E-state index is 0. The van der Waals surface area contributed by atoms with E-state index in [1.165, 1.54) is 6.07 Å². The second-order valence-corrected chi connectivity index (χ2v) is 4.99. The lowest BCUT2D eigenvalue weighted by molar-refractivity contribution is 0.400. The van der Waals surface area contributed by atoms with Gasteiger partial charge in [0.25, 0.3) is 0 Å². The smallest absolute Gasteiger partial charge is 0.173 e. The van der Waals surface area contributed by atoms with Crippen LogP contribution in [-0.2, 0) is 6.42 Å². The van der Waals surface area contributed by atoms with Crippen LogP contribution in [0.15, 0.2) is 15.0 Å². The summed E-state index contributed by atoms with van der Waals surface area (Å²) >= 11 is 6.54. The maximum Gasteiger partial charge on any atom is 0.173 e. The highest BCUT2D eigenvalue weighted by atomic mass is 79.9. The number of aromatic hydroxyl groups is 2. The normalized spacial score (nSPS) is 12.0. The van der Waals surface area contributed by atoms with E-state index in [0.717, 1.165) is 16.5 Å². The third-order valence-corrected chi connectivity index (χ3v) is 4.45. The van der Waals surface area contributed by atoms with Crippen LogP contribution in [0.5, 0.6) is 11.5 Å². The van der Waals surface area contributed by atoms with Crippen LogP contribution >= 0.6 is 44.3 Å². The average molecular weight is 375 g/mol. The van der Waals surface area contributed by atoms with Crippen LogP contribution in [0, 0.1) is 0 Å². The molecule has 0 spiro atoms. The SMILES string of the molecule is CCC(N)Cc1cc(O)c(O)c(Br)c1Br.Cl. The molecule has 92 valence electrons. The summed E-state index contributed by atoms with van der Waals surface area (Å²) in [5, 5.41) is 18.9. The molecule has 0 aliphatic carbocycles. The number of hydrogen-bond donors (Lipinski definition) is 3. The fraction of sp³-hybridized carbons (Fsp3) is 0.400. The molecule has 0 amide bonds. The molecule has 3 nitrogen and oxygen atoms in total. The molecule has 1 unspecified atom stereocenters. The number of benzene rings is 1. The van der Waals surface area contributed by atoms with Crippen LogP contribution in [0.25, 0.3) is 0 Å². The highest BCUT2D eigenvalue weighted by molar-refractivity contribution is 9.13. The number of hydrogen-bond acceptors (Lipinski definition) is 3. The Labute approximate surface area is 118 Å². The van der Waals surface area contributed by atoms with Gasteiger partial charge >= 0.3 is 0 Å². The van der Waals surface area contributed by atoms with Crippen molar-refractivity contribution in [2.45, 2.75) is 25.8 Å². The molecule has 0 aromatic heterocycles. The summed E-state index contributed by atoms with van der Waals surface area (Å²) in [5.41, 5.74) is 6.71. The van der Waals surface area contributed by atoms with Crippen LogP contribution in [0.2, 0.25) is 0 Å². The summed E-state index contributed by atoms with van der Waals surface area (Å²) in [7, 11) is 0. The van der Waals surface area contributed by atoms with Crippen molar-refractivity contribution >= 4 is 44.3 Å². The van der Waals surface area contributed by atoms with Gasteiger partial charge in [0.05, 0.1) is 4.47 Å². The van der Waals surface area contributed by atoms with Gasteiger partial charge in [-0.2, -0.15) is 0 Å². The van der Waals surface area contributed by atoms with E-state index in [4.69, 9.17) is 5.73 Å². The summed E-state index contributed by atoms with van der Waals surface area (Å²) in [5.74, 6) is -0.293. The highest BCUT2D eigenvalue weighted by Crippen LogP contribution is 2.41. The molecule has 1 rings (SSSR count). The van der Waals surface area contributed by atoms with Crippen molar-refractivity contribution in [1.29, 1.82) is 0 Å². The maximum atomic E-state index is 9.45. The molecule has 1 atom stereocenters. The zero-order valence-electron chi connectivity index (χ0n) is 8.70. The standard InChI is InChI=1S/C10H13Br2NO2.ClH/c1-2-6(13)3-5-4-7(14)10(15)9(12)8(5)11;/h4,6,14-15H,2-3,13H2,1H3;1H. The first-order valence-corrected chi connectivity index (χ1v) is 6.20. The Morgan fingerprint density at radius 1 is 1.31 bits per heavy atom. The van der Waals surface area contributed by atoms with E-state index >= 15 is 0 Å². The Hall–Kier alpha value is 0.0300. The largest absolute Gasteiger partial charge is 0.504 e. The van der Waals surface area contributed by atoms with Gasteiger partial charge in [0.1, 0.15) is 0 Å². The molecule has 1 aromatic rings. The van der Waals surface area contributed by atoms with Gasteiger partial charge in [0.15, 0.2) is 11.5 Å². The highest BCUT2D eigenvalue weighted by Gasteiger charge is 2.14. The first-order chi connectivity index (χ1) is 6.97. The maximum absolute atomic E-state index is 9.45. The molecule has 0 fully saturated rings. The van der Waals surface area contributed by atoms with E-state index in [2.05, 4.69) is 31.9 Å². The first-order valence-electron chi connectivity index (χ1n) is 4.61. The molecule has 0 aliphatic rings. The molecule has 0 heterocycles. The van der Waals surface area contributed by atoms with Crippen molar-refractivity contribution in [1.82, 2.24) is 0 Å². The van der Waals surface area contributed by atoms with Crippen molar-refractivity contribution in [2.75, 3.05) is 0 Å². The molecular weight excluding hydrogens is 361 g/mol. The van der Waals surface area contributed by atoms with Gasteiger partial charge in [-0.25, -0.2) is 0 Å². The molecule has 0 aliphatic heterocycles. The van der Waals surface area contributed by atoms with Crippen LogP contribution in [-0.4, -0.2) is 16.3 Å². The molecular formula is C10H14Br2ClNO2. The van der Waals surface area contributed by atoms with E-state index in [-0.39, 0.29) is 29.9 Å². The van der Waals surface area contributed by atoms with E-state index in [0.29, 0.717) is 10.9 Å². The average Bonchev–Trinajstić information content (AvgIpc) is 2.22. The third kappa shape index (κ3) is 3.52. The number of nitrogens with two attached hydrogens (primary N) is 1. The minimum Gasteiger partial charge on any atom is -0.504 e. The molecule has 0 radical (unpaired) electrons. The van der Waals surface area contributed by atoms with E-state index in [9.17, 15) is 10.2 Å². The zero-order chi connectivity index (χ0) is 11.6. The summed E-state index contributed by atoms with van der Waals surface area (Å²) in [6.45, 7) is 2.01. The summed E-state index contributed by atoms with van der Waals surface area (Å²) in [4.78, 5) is 0. The Morgan fingerprint density at radius 2 is 1.88 bits per heavy atom. The Morgan fingerprint density at radius 3 is 2.38 bits per heavy atom. The van der Waals surface area contributed by atoms with Crippen molar-refractivity contribution in [3.8, 4) is 11.5 Å². The summed E-state index contributed by atoms with van der Waals surface area (Å²) < 4.78 is 1.20. The summed E-state index contributed by atoms with van der Waals surface area (Å²) in [6.07, 6.45) is 1.52. The monoisotopic (exact) mass is 373 g/mol. The van der Waals surface area contributed by atoms with E-state index < -0.39 is 0 Å². The molecule has 6 heteroatoms. The zero-order valence-corrected chi connectivity index (χ0v) is 12.7. The third-order valence-electron chi connectivity index (χ3n) is 2.24. The minimum atomic E-state index is -0.157. The van der Waals surface area contributed by atoms with Crippen LogP contribution in [0.1, 0.15) is 18.9 Å². The number of rotatable bonds is 3. The first kappa shape index (κ1) is 16.0. The van der Waals surface area contributed by atoms with Gasteiger partial charge in [0, 0.05) is 10.5 Å². The molecule has 0 saturated heterocycles. The van der Waals surface area contributed by atoms with Gasteiger partial charge in [-0.3, -0.25) is 0 Å². The number of phenolic OH excluding ortho intramolecular Hbond substituents is 2. The van der Waals surface area contributed by atoms with E-state index in [1.54, 1.807) is 0 Å². The number of halogens is 3. The second-order valence-electron chi connectivity index (χ2n) is 3.40. The lowest BCUT2D eigenvalue weighted by atomic mass is 10.0. The fourth-order valence-electron chi connectivity index (χ4n) is 1.23. The van der Waals surface area contributed by atoms with Gasteiger partial charge in [-0.1, -0.05) is 6.92 Å². The van der Waals surface area contributed by atoms with Crippen LogP contribution < -0.4 is 5.73 Å². The Kier molecular flexibility index (Phi) is 6.70. The second kappa shape index (κ2) is 6.69.